The van der Waals surface area contributed by atoms with Crippen LogP contribution in [0.2, 0.25) is 0 Å². The third kappa shape index (κ3) is 0.731. The fourth-order valence-corrected chi connectivity index (χ4v) is 3.75. The second kappa shape index (κ2) is 2.35. The largest absolute Gasteiger partial charge is 0.377 e. The molecule has 0 N–H and O–H groups in total. The van der Waals surface area contributed by atoms with Crippen LogP contribution in [-0.2, 0) is 4.74 Å². The van der Waals surface area contributed by atoms with Crippen LogP contribution in [0, 0.1) is 23.7 Å². The van der Waals surface area contributed by atoms with E-state index >= 15 is 0 Å². The molecule has 2 fully saturated rings. The Morgan fingerprint density at radius 1 is 1.17 bits per heavy atom. The Balaban J connectivity index is 1.89. The van der Waals surface area contributed by atoms with E-state index in [0.717, 1.165) is 23.7 Å². The highest BCUT2D eigenvalue weighted by Crippen LogP contribution is 2.56. The molecule has 0 aromatic carbocycles. The van der Waals surface area contributed by atoms with Gasteiger partial charge in [-0.3, -0.25) is 0 Å². The van der Waals surface area contributed by atoms with E-state index in [9.17, 15) is 0 Å². The van der Waals surface area contributed by atoms with Crippen molar-refractivity contribution >= 4 is 0 Å². The monoisotopic (exact) mass is 164 g/mol. The van der Waals surface area contributed by atoms with E-state index in [0.29, 0.717) is 6.10 Å². The zero-order chi connectivity index (χ0) is 8.13. The summed E-state index contributed by atoms with van der Waals surface area (Å²) >= 11 is 0. The number of hydrogen-bond acceptors (Lipinski definition) is 1. The standard InChI is InChI=1S/C11H16O/c1-12-10-5-4-9-7-2-3-8(6-7)11(9)10/h4-5,7-11H,2-3,6H2,1H3/t7?,8?,9?,10-,11?/m1/s1. The summed E-state index contributed by atoms with van der Waals surface area (Å²) in [7, 11) is 1.85. The third-order valence-corrected chi connectivity index (χ3v) is 4.22. The van der Waals surface area contributed by atoms with Crippen molar-refractivity contribution < 1.29 is 4.74 Å². The maximum absolute atomic E-state index is 5.49. The van der Waals surface area contributed by atoms with E-state index in [1.165, 1.54) is 19.3 Å². The number of ether oxygens (including phenoxy) is 1. The summed E-state index contributed by atoms with van der Waals surface area (Å²) in [6.45, 7) is 0. The first-order valence-corrected chi connectivity index (χ1v) is 5.11. The van der Waals surface area contributed by atoms with Crippen molar-refractivity contribution in [3.05, 3.63) is 12.2 Å². The van der Waals surface area contributed by atoms with E-state index in [4.69, 9.17) is 4.74 Å². The first kappa shape index (κ1) is 7.14. The fraction of sp³-hybridized carbons (Fsp3) is 0.818. The zero-order valence-electron chi connectivity index (χ0n) is 7.57. The van der Waals surface area contributed by atoms with Crippen molar-refractivity contribution in [1.29, 1.82) is 0 Å². The summed E-state index contributed by atoms with van der Waals surface area (Å²) in [4.78, 5) is 0. The first-order chi connectivity index (χ1) is 5.90. The fourth-order valence-electron chi connectivity index (χ4n) is 3.75. The van der Waals surface area contributed by atoms with Gasteiger partial charge < -0.3 is 4.74 Å². The van der Waals surface area contributed by atoms with E-state index in [1.807, 2.05) is 7.11 Å². The molecular formula is C11H16O. The molecule has 0 saturated heterocycles. The molecule has 5 atom stereocenters. The summed E-state index contributed by atoms with van der Waals surface area (Å²) in [5.41, 5.74) is 0. The summed E-state index contributed by atoms with van der Waals surface area (Å²) in [6.07, 6.45) is 9.59. The molecule has 0 aliphatic heterocycles. The van der Waals surface area contributed by atoms with Crippen molar-refractivity contribution in [3.63, 3.8) is 0 Å². The van der Waals surface area contributed by atoms with Crippen LogP contribution in [0.4, 0.5) is 0 Å². The number of methoxy groups -OCH3 is 1. The van der Waals surface area contributed by atoms with Crippen molar-refractivity contribution in [2.24, 2.45) is 23.7 Å². The minimum absolute atomic E-state index is 0.449. The Bertz CT molecular complexity index is 221. The predicted molar refractivity (Wildman–Crippen MR) is 47.7 cm³/mol. The van der Waals surface area contributed by atoms with Gasteiger partial charge >= 0.3 is 0 Å². The van der Waals surface area contributed by atoms with Crippen LogP contribution in [0.3, 0.4) is 0 Å². The average Bonchev–Trinajstić information content (AvgIpc) is 2.76. The molecule has 0 aromatic heterocycles. The molecule has 0 radical (unpaired) electrons. The second-order valence-electron chi connectivity index (χ2n) is 4.57. The molecular weight excluding hydrogens is 148 g/mol. The Morgan fingerprint density at radius 2 is 2.00 bits per heavy atom. The van der Waals surface area contributed by atoms with Crippen molar-refractivity contribution in [3.8, 4) is 0 Å². The van der Waals surface area contributed by atoms with Gasteiger partial charge in [0.2, 0.25) is 0 Å². The van der Waals surface area contributed by atoms with Gasteiger partial charge in [-0.25, -0.2) is 0 Å². The Labute approximate surface area is 73.8 Å². The van der Waals surface area contributed by atoms with Gasteiger partial charge in [0.05, 0.1) is 6.10 Å². The minimum atomic E-state index is 0.449. The SMILES string of the molecule is CO[C@@H]1C=CC2C3CCC(C3)C21. The minimum Gasteiger partial charge on any atom is -0.377 e. The Morgan fingerprint density at radius 3 is 2.83 bits per heavy atom. The summed E-state index contributed by atoms with van der Waals surface area (Å²) in [5.74, 6) is 3.73. The molecule has 3 aliphatic rings. The van der Waals surface area contributed by atoms with Crippen molar-refractivity contribution in [2.45, 2.75) is 25.4 Å². The summed E-state index contributed by atoms with van der Waals surface area (Å²) in [6, 6.07) is 0. The molecule has 66 valence electrons. The Hall–Kier alpha value is -0.300. The lowest BCUT2D eigenvalue weighted by molar-refractivity contribution is 0.0592. The molecule has 1 heteroatoms. The summed E-state index contributed by atoms with van der Waals surface area (Å²) in [5, 5.41) is 0. The van der Waals surface area contributed by atoms with Crippen LogP contribution in [0.1, 0.15) is 19.3 Å². The normalized spacial score (nSPS) is 54.9. The number of allylic oxidation sites excluding steroid dienone is 1. The Kier molecular flexibility index (Phi) is 1.40. The van der Waals surface area contributed by atoms with Crippen LogP contribution in [0.15, 0.2) is 12.2 Å². The number of rotatable bonds is 1. The molecule has 0 aromatic rings. The molecule has 3 aliphatic carbocycles. The molecule has 2 bridgehead atoms. The van der Waals surface area contributed by atoms with Crippen LogP contribution >= 0.6 is 0 Å². The number of fused-ring (bicyclic) bond motifs is 5. The van der Waals surface area contributed by atoms with Gasteiger partial charge in [0.1, 0.15) is 0 Å². The van der Waals surface area contributed by atoms with Crippen LogP contribution in [-0.4, -0.2) is 13.2 Å². The third-order valence-electron chi connectivity index (χ3n) is 4.22. The van der Waals surface area contributed by atoms with Crippen LogP contribution in [0.25, 0.3) is 0 Å². The quantitative estimate of drug-likeness (QED) is 0.540. The highest BCUT2D eigenvalue weighted by atomic mass is 16.5. The number of hydrogen-bond donors (Lipinski definition) is 0. The smallest absolute Gasteiger partial charge is 0.0788 e. The van der Waals surface area contributed by atoms with E-state index in [2.05, 4.69) is 12.2 Å². The van der Waals surface area contributed by atoms with Crippen molar-refractivity contribution in [2.75, 3.05) is 7.11 Å². The van der Waals surface area contributed by atoms with Gasteiger partial charge in [0.15, 0.2) is 0 Å². The van der Waals surface area contributed by atoms with Gasteiger partial charge in [0.25, 0.3) is 0 Å². The van der Waals surface area contributed by atoms with Crippen LogP contribution in [0.5, 0.6) is 0 Å². The summed E-state index contributed by atoms with van der Waals surface area (Å²) < 4.78 is 5.49. The topological polar surface area (TPSA) is 9.23 Å². The van der Waals surface area contributed by atoms with Gasteiger partial charge in [-0.1, -0.05) is 12.2 Å². The maximum Gasteiger partial charge on any atom is 0.0788 e. The maximum atomic E-state index is 5.49. The average molecular weight is 164 g/mol. The molecule has 4 unspecified atom stereocenters. The second-order valence-corrected chi connectivity index (χ2v) is 4.57. The highest BCUT2D eigenvalue weighted by Gasteiger charge is 2.51. The molecule has 1 nitrogen and oxygen atoms in total. The highest BCUT2D eigenvalue weighted by molar-refractivity contribution is 5.16. The molecule has 0 spiro atoms. The molecule has 12 heavy (non-hydrogen) atoms. The molecule has 0 heterocycles. The van der Waals surface area contributed by atoms with E-state index in [1.54, 1.807) is 0 Å². The van der Waals surface area contributed by atoms with Gasteiger partial charge in [-0.05, 0) is 42.9 Å². The molecule has 3 rings (SSSR count). The first-order valence-electron chi connectivity index (χ1n) is 5.11. The van der Waals surface area contributed by atoms with Gasteiger partial charge in [0, 0.05) is 7.11 Å². The molecule has 2 saturated carbocycles. The predicted octanol–water partition coefficient (Wildman–Crippen LogP) is 2.23. The van der Waals surface area contributed by atoms with Gasteiger partial charge in [-0.2, -0.15) is 0 Å². The van der Waals surface area contributed by atoms with Crippen molar-refractivity contribution in [1.82, 2.24) is 0 Å². The van der Waals surface area contributed by atoms with E-state index in [-0.39, 0.29) is 0 Å². The lowest BCUT2D eigenvalue weighted by atomic mass is 9.80. The van der Waals surface area contributed by atoms with Crippen LogP contribution < -0.4 is 0 Å². The van der Waals surface area contributed by atoms with E-state index < -0.39 is 0 Å². The lowest BCUT2D eigenvalue weighted by Crippen LogP contribution is -2.27. The zero-order valence-corrected chi connectivity index (χ0v) is 7.57. The van der Waals surface area contributed by atoms with Gasteiger partial charge in [-0.15, -0.1) is 0 Å². The lowest BCUT2D eigenvalue weighted by Gasteiger charge is -2.28. The molecule has 0 amide bonds.